The lowest BCUT2D eigenvalue weighted by molar-refractivity contribution is 0.0940. The maximum Gasteiger partial charge on any atom is 0.268 e. The zero-order valence-electron chi connectivity index (χ0n) is 14.0. The summed E-state index contributed by atoms with van der Waals surface area (Å²) in [5.74, 6) is -0.227. The fraction of sp³-hybridized carbons (Fsp3) is 0.250. The van der Waals surface area contributed by atoms with E-state index in [2.05, 4.69) is 10.3 Å². The van der Waals surface area contributed by atoms with Crippen LogP contribution in [0, 0.1) is 6.92 Å². The zero-order chi connectivity index (χ0) is 17.4. The van der Waals surface area contributed by atoms with Crippen LogP contribution >= 0.6 is 0 Å². The van der Waals surface area contributed by atoms with Crippen LogP contribution in [0.25, 0.3) is 10.8 Å². The van der Waals surface area contributed by atoms with Gasteiger partial charge in [-0.1, -0.05) is 23.8 Å². The number of benzene rings is 1. The van der Waals surface area contributed by atoms with Gasteiger partial charge in [-0.25, -0.2) is 0 Å². The first-order chi connectivity index (χ1) is 12.1. The monoisotopic (exact) mass is 333 g/mol. The number of fused-ring (bicyclic) bond motifs is 1. The van der Waals surface area contributed by atoms with Crippen molar-refractivity contribution >= 4 is 16.7 Å². The van der Waals surface area contributed by atoms with E-state index in [9.17, 15) is 9.59 Å². The van der Waals surface area contributed by atoms with Crippen molar-refractivity contribution in [1.29, 1.82) is 0 Å². The van der Waals surface area contributed by atoms with Crippen molar-refractivity contribution in [2.75, 3.05) is 0 Å². The average Bonchev–Trinajstić information content (AvgIpc) is 3.46. The standard InChI is InChI=1S/C20H19N3O2/c1-13-4-5-15-10-18(19(24)22-12-14-3-2-8-21-11-14)23(16-6-7-16)20(25)17(15)9-13/h2-5,8-11,16H,6-7,12H2,1H3,(H,22,24). The van der Waals surface area contributed by atoms with Crippen molar-refractivity contribution in [3.8, 4) is 0 Å². The Morgan fingerprint density at radius 3 is 2.84 bits per heavy atom. The summed E-state index contributed by atoms with van der Waals surface area (Å²) in [6, 6.07) is 11.5. The third kappa shape index (κ3) is 3.05. The lowest BCUT2D eigenvalue weighted by Gasteiger charge is -2.14. The molecule has 0 bridgehead atoms. The summed E-state index contributed by atoms with van der Waals surface area (Å²) in [4.78, 5) is 29.7. The Bertz CT molecular complexity index is 1000. The first-order valence-electron chi connectivity index (χ1n) is 8.46. The summed E-state index contributed by atoms with van der Waals surface area (Å²) in [6.45, 7) is 2.35. The smallest absolute Gasteiger partial charge is 0.268 e. The van der Waals surface area contributed by atoms with Gasteiger partial charge in [0.1, 0.15) is 5.69 Å². The van der Waals surface area contributed by atoms with Gasteiger partial charge in [-0.3, -0.25) is 14.6 Å². The highest BCUT2D eigenvalue weighted by Crippen LogP contribution is 2.35. The van der Waals surface area contributed by atoms with E-state index in [-0.39, 0.29) is 17.5 Å². The van der Waals surface area contributed by atoms with E-state index in [1.807, 2.05) is 43.3 Å². The molecule has 1 N–H and O–H groups in total. The fourth-order valence-corrected chi connectivity index (χ4v) is 3.08. The van der Waals surface area contributed by atoms with E-state index < -0.39 is 0 Å². The van der Waals surface area contributed by atoms with Crippen LogP contribution in [0.4, 0.5) is 0 Å². The van der Waals surface area contributed by atoms with Crippen LogP contribution in [0.15, 0.2) is 53.6 Å². The predicted molar refractivity (Wildman–Crippen MR) is 96.6 cm³/mol. The number of rotatable bonds is 4. The van der Waals surface area contributed by atoms with Gasteiger partial charge in [0, 0.05) is 30.4 Å². The third-order valence-corrected chi connectivity index (χ3v) is 4.53. The number of pyridine rings is 2. The minimum atomic E-state index is -0.227. The largest absolute Gasteiger partial charge is 0.347 e. The molecule has 1 aliphatic rings. The van der Waals surface area contributed by atoms with Crippen LogP contribution in [0.2, 0.25) is 0 Å². The maximum absolute atomic E-state index is 12.9. The second kappa shape index (κ2) is 6.16. The molecule has 1 fully saturated rings. The molecular weight excluding hydrogens is 314 g/mol. The lowest BCUT2D eigenvalue weighted by atomic mass is 10.1. The van der Waals surface area contributed by atoms with Crippen LogP contribution in [0.5, 0.6) is 0 Å². The SMILES string of the molecule is Cc1ccc2cc(C(=O)NCc3cccnc3)n(C3CC3)c(=O)c2c1. The zero-order valence-corrected chi connectivity index (χ0v) is 14.0. The molecule has 1 amide bonds. The topological polar surface area (TPSA) is 64.0 Å². The molecule has 2 aromatic heterocycles. The molecule has 5 heteroatoms. The van der Waals surface area contributed by atoms with Crippen LogP contribution in [0.3, 0.4) is 0 Å². The first kappa shape index (κ1) is 15.6. The fourth-order valence-electron chi connectivity index (χ4n) is 3.08. The molecule has 0 unspecified atom stereocenters. The molecule has 0 saturated heterocycles. The quantitative estimate of drug-likeness (QED) is 0.798. The number of aryl methyl sites for hydroxylation is 1. The third-order valence-electron chi connectivity index (χ3n) is 4.53. The minimum Gasteiger partial charge on any atom is -0.347 e. The molecule has 4 rings (SSSR count). The number of hydrogen-bond donors (Lipinski definition) is 1. The van der Waals surface area contributed by atoms with Crippen molar-refractivity contribution in [1.82, 2.24) is 14.9 Å². The molecule has 1 saturated carbocycles. The van der Waals surface area contributed by atoms with Crippen molar-refractivity contribution < 1.29 is 4.79 Å². The number of carbonyl (C=O) groups is 1. The Morgan fingerprint density at radius 2 is 2.12 bits per heavy atom. The Labute approximate surface area is 145 Å². The van der Waals surface area contributed by atoms with Gasteiger partial charge in [0.05, 0.1) is 0 Å². The number of hydrogen-bond acceptors (Lipinski definition) is 3. The van der Waals surface area contributed by atoms with Crippen LogP contribution in [-0.4, -0.2) is 15.5 Å². The summed E-state index contributed by atoms with van der Waals surface area (Å²) in [6.07, 6.45) is 5.30. The molecule has 2 heterocycles. The molecule has 1 aromatic carbocycles. The Hall–Kier alpha value is -2.95. The number of aromatic nitrogens is 2. The molecule has 5 nitrogen and oxygen atoms in total. The van der Waals surface area contributed by atoms with E-state index in [1.165, 1.54) is 0 Å². The van der Waals surface area contributed by atoms with E-state index in [0.29, 0.717) is 17.6 Å². The van der Waals surface area contributed by atoms with Gasteiger partial charge >= 0.3 is 0 Å². The van der Waals surface area contributed by atoms with Crippen molar-refractivity contribution in [2.45, 2.75) is 32.4 Å². The number of amides is 1. The van der Waals surface area contributed by atoms with E-state index in [1.54, 1.807) is 17.0 Å². The molecule has 1 aliphatic carbocycles. The molecule has 0 aliphatic heterocycles. The normalized spacial score (nSPS) is 13.8. The van der Waals surface area contributed by atoms with E-state index in [0.717, 1.165) is 29.4 Å². The van der Waals surface area contributed by atoms with Crippen LogP contribution in [-0.2, 0) is 6.54 Å². The number of nitrogens with one attached hydrogen (secondary N) is 1. The second-order valence-corrected chi connectivity index (χ2v) is 6.57. The van der Waals surface area contributed by atoms with Crippen molar-refractivity contribution in [3.05, 3.63) is 76.0 Å². The summed E-state index contributed by atoms with van der Waals surface area (Å²) in [5, 5.41) is 4.38. The van der Waals surface area contributed by atoms with Gasteiger partial charge in [-0.05, 0) is 48.9 Å². The maximum atomic E-state index is 12.9. The molecular formula is C20H19N3O2. The van der Waals surface area contributed by atoms with Gasteiger partial charge in [0.15, 0.2) is 0 Å². The van der Waals surface area contributed by atoms with Gasteiger partial charge in [-0.15, -0.1) is 0 Å². The van der Waals surface area contributed by atoms with Gasteiger partial charge in [-0.2, -0.15) is 0 Å². The summed E-state index contributed by atoms with van der Waals surface area (Å²) >= 11 is 0. The molecule has 3 aromatic rings. The highest BCUT2D eigenvalue weighted by molar-refractivity contribution is 5.96. The Balaban J connectivity index is 1.73. The summed E-state index contributed by atoms with van der Waals surface area (Å²) < 4.78 is 1.67. The van der Waals surface area contributed by atoms with E-state index in [4.69, 9.17) is 0 Å². The number of nitrogens with zero attached hydrogens (tertiary/aromatic N) is 2. The number of carbonyl (C=O) groups excluding carboxylic acids is 1. The Kier molecular flexibility index (Phi) is 3.84. The highest BCUT2D eigenvalue weighted by Gasteiger charge is 2.29. The van der Waals surface area contributed by atoms with Gasteiger partial charge < -0.3 is 9.88 Å². The molecule has 0 radical (unpaired) electrons. The molecule has 0 atom stereocenters. The molecule has 25 heavy (non-hydrogen) atoms. The van der Waals surface area contributed by atoms with Crippen LogP contribution in [0.1, 0.15) is 40.5 Å². The Morgan fingerprint density at radius 1 is 1.28 bits per heavy atom. The minimum absolute atomic E-state index is 0.0739. The molecule has 0 spiro atoms. The summed E-state index contributed by atoms with van der Waals surface area (Å²) in [5.41, 5.74) is 2.33. The molecule has 126 valence electrons. The van der Waals surface area contributed by atoms with Crippen molar-refractivity contribution in [2.24, 2.45) is 0 Å². The van der Waals surface area contributed by atoms with Gasteiger partial charge in [0.25, 0.3) is 11.5 Å². The van der Waals surface area contributed by atoms with Crippen LogP contribution < -0.4 is 10.9 Å². The highest BCUT2D eigenvalue weighted by atomic mass is 16.2. The van der Waals surface area contributed by atoms with E-state index >= 15 is 0 Å². The predicted octanol–water partition coefficient (Wildman–Crippen LogP) is 2.97. The first-order valence-corrected chi connectivity index (χ1v) is 8.46. The lowest BCUT2D eigenvalue weighted by Crippen LogP contribution is -2.32. The van der Waals surface area contributed by atoms with Crippen molar-refractivity contribution in [3.63, 3.8) is 0 Å². The summed E-state index contributed by atoms with van der Waals surface area (Å²) in [7, 11) is 0. The second-order valence-electron chi connectivity index (χ2n) is 6.57. The average molecular weight is 333 g/mol. The van der Waals surface area contributed by atoms with Gasteiger partial charge in [0.2, 0.25) is 0 Å².